The molecule has 0 radical (unpaired) electrons. The summed E-state index contributed by atoms with van der Waals surface area (Å²) in [6.07, 6.45) is 0. The predicted octanol–water partition coefficient (Wildman–Crippen LogP) is 4.20. The first-order chi connectivity index (χ1) is 14.7. The standard InChI is InChI=1S/C24H28N2O3S/c1-17(18-5-6-20-15-21(28-2)8-7-19(20)14-18)24(27)25-16-22(23-4-3-13-30-23)26-9-11-29-12-10-26/h3-8,13-15,17,22H,9-12,16H2,1-2H3,(H,25,27)/t17-,22-/m1/s1. The third-order valence-electron chi connectivity index (χ3n) is 5.79. The number of rotatable bonds is 7. The Hall–Kier alpha value is -2.41. The van der Waals surface area contributed by atoms with Gasteiger partial charge in [-0.1, -0.05) is 30.3 Å². The molecule has 1 aromatic heterocycles. The summed E-state index contributed by atoms with van der Waals surface area (Å²) < 4.78 is 10.8. The highest BCUT2D eigenvalue weighted by atomic mass is 32.1. The molecule has 2 aromatic carbocycles. The van der Waals surface area contributed by atoms with Crippen LogP contribution in [0.4, 0.5) is 0 Å². The molecule has 1 aliphatic rings. The van der Waals surface area contributed by atoms with Crippen molar-refractivity contribution in [1.82, 2.24) is 10.2 Å². The first-order valence-electron chi connectivity index (χ1n) is 10.4. The quantitative estimate of drug-likeness (QED) is 0.618. The smallest absolute Gasteiger partial charge is 0.227 e. The molecule has 2 atom stereocenters. The molecule has 158 valence electrons. The van der Waals surface area contributed by atoms with Crippen LogP contribution < -0.4 is 10.1 Å². The third-order valence-corrected chi connectivity index (χ3v) is 6.77. The van der Waals surface area contributed by atoms with Gasteiger partial charge in [0.05, 0.1) is 32.3 Å². The maximum atomic E-state index is 13.0. The minimum absolute atomic E-state index is 0.0534. The van der Waals surface area contributed by atoms with Crippen LogP contribution in [0.25, 0.3) is 10.8 Å². The molecule has 0 saturated carbocycles. The number of morpholine rings is 1. The minimum atomic E-state index is -0.217. The highest BCUT2D eigenvalue weighted by Gasteiger charge is 2.25. The zero-order valence-corrected chi connectivity index (χ0v) is 18.3. The van der Waals surface area contributed by atoms with Gasteiger partial charge in [-0.2, -0.15) is 0 Å². The SMILES string of the molecule is COc1ccc2cc([C@@H](C)C(=O)NC[C@H](c3cccs3)N3CCOCC3)ccc2c1. The van der Waals surface area contributed by atoms with Crippen LogP contribution in [0.5, 0.6) is 5.75 Å². The van der Waals surface area contributed by atoms with Crippen molar-refractivity contribution in [3.63, 3.8) is 0 Å². The highest BCUT2D eigenvalue weighted by molar-refractivity contribution is 7.10. The van der Waals surface area contributed by atoms with Crippen molar-refractivity contribution in [2.45, 2.75) is 18.9 Å². The molecule has 1 fully saturated rings. The van der Waals surface area contributed by atoms with E-state index < -0.39 is 0 Å². The van der Waals surface area contributed by atoms with Crippen LogP contribution in [0, 0.1) is 0 Å². The van der Waals surface area contributed by atoms with Gasteiger partial charge in [0.15, 0.2) is 0 Å². The lowest BCUT2D eigenvalue weighted by Gasteiger charge is -2.34. The van der Waals surface area contributed by atoms with Crippen LogP contribution >= 0.6 is 11.3 Å². The van der Waals surface area contributed by atoms with Crippen molar-refractivity contribution in [2.75, 3.05) is 40.0 Å². The second-order valence-electron chi connectivity index (χ2n) is 7.62. The summed E-state index contributed by atoms with van der Waals surface area (Å²) in [5, 5.41) is 7.51. The Bertz CT molecular complexity index is 983. The maximum absolute atomic E-state index is 13.0. The molecule has 2 heterocycles. The van der Waals surface area contributed by atoms with Crippen molar-refractivity contribution in [3.05, 3.63) is 64.4 Å². The van der Waals surface area contributed by atoms with Gasteiger partial charge in [0.1, 0.15) is 5.75 Å². The molecule has 3 aromatic rings. The lowest BCUT2D eigenvalue weighted by molar-refractivity contribution is -0.122. The first-order valence-corrected chi connectivity index (χ1v) is 11.2. The number of amides is 1. The number of carbonyl (C=O) groups excluding carboxylic acids is 1. The number of carbonyl (C=O) groups is 1. The number of nitrogens with one attached hydrogen (secondary N) is 1. The zero-order chi connectivity index (χ0) is 20.9. The molecular weight excluding hydrogens is 396 g/mol. The van der Waals surface area contributed by atoms with Gasteiger partial charge >= 0.3 is 0 Å². The van der Waals surface area contributed by atoms with E-state index in [1.54, 1.807) is 18.4 Å². The Morgan fingerprint density at radius 3 is 2.67 bits per heavy atom. The fourth-order valence-electron chi connectivity index (χ4n) is 3.92. The summed E-state index contributed by atoms with van der Waals surface area (Å²) in [6.45, 7) is 5.84. The van der Waals surface area contributed by atoms with Crippen LogP contribution in [0.15, 0.2) is 53.9 Å². The van der Waals surface area contributed by atoms with Crippen molar-refractivity contribution < 1.29 is 14.3 Å². The van der Waals surface area contributed by atoms with Crippen LogP contribution in [-0.2, 0) is 9.53 Å². The Labute approximate surface area is 181 Å². The molecule has 5 nitrogen and oxygen atoms in total. The average molecular weight is 425 g/mol. The van der Waals surface area contributed by atoms with Crippen LogP contribution in [0.1, 0.15) is 29.3 Å². The largest absolute Gasteiger partial charge is 0.497 e. The summed E-state index contributed by atoms with van der Waals surface area (Å²) in [6, 6.07) is 16.6. The lowest BCUT2D eigenvalue weighted by atomic mass is 9.97. The Morgan fingerprint density at radius 1 is 1.17 bits per heavy atom. The van der Waals surface area contributed by atoms with Crippen molar-refractivity contribution in [3.8, 4) is 5.75 Å². The van der Waals surface area contributed by atoms with E-state index in [1.807, 2.05) is 31.2 Å². The molecular formula is C24H28N2O3S. The number of fused-ring (bicyclic) bond motifs is 1. The van der Waals surface area contributed by atoms with Gasteiger partial charge in [-0.3, -0.25) is 9.69 Å². The number of hydrogen-bond donors (Lipinski definition) is 1. The molecule has 1 N–H and O–H groups in total. The summed E-state index contributed by atoms with van der Waals surface area (Å²) in [7, 11) is 1.67. The molecule has 1 saturated heterocycles. The van der Waals surface area contributed by atoms with E-state index in [2.05, 4.69) is 39.9 Å². The van der Waals surface area contributed by atoms with Gasteiger partial charge in [0.2, 0.25) is 5.91 Å². The molecule has 0 aliphatic carbocycles. The van der Waals surface area contributed by atoms with Crippen LogP contribution in [0.2, 0.25) is 0 Å². The van der Waals surface area contributed by atoms with E-state index in [1.165, 1.54) is 4.88 Å². The van der Waals surface area contributed by atoms with E-state index in [0.29, 0.717) is 6.54 Å². The molecule has 6 heteroatoms. The predicted molar refractivity (Wildman–Crippen MR) is 121 cm³/mol. The fraction of sp³-hybridized carbons (Fsp3) is 0.375. The normalized spacial score (nSPS) is 16.9. The van der Waals surface area contributed by atoms with Crippen molar-refractivity contribution >= 4 is 28.0 Å². The lowest BCUT2D eigenvalue weighted by Crippen LogP contribution is -2.44. The third kappa shape index (κ3) is 4.67. The molecule has 4 rings (SSSR count). The average Bonchev–Trinajstić information content (AvgIpc) is 3.33. The Balaban J connectivity index is 1.45. The van der Waals surface area contributed by atoms with Gasteiger partial charge in [0, 0.05) is 24.5 Å². The topological polar surface area (TPSA) is 50.8 Å². The van der Waals surface area contributed by atoms with Crippen molar-refractivity contribution in [1.29, 1.82) is 0 Å². The van der Waals surface area contributed by atoms with Gasteiger partial charge in [-0.15, -0.1) is 11.3 Å². The second kappa shape index (κ2) is 9.60. The summed E-state index contributed by atoms with van der Waals surface area (Å²) in [5.41, 5.74) is 1.02. The second-order valence-corrected chi connectivity index (χ2v) is 8.60. The highest BCUT2D eigenvalue weighted by Crippen LogP contribution is 2.27. The van der Waals surface area contributed by atoms with E-state index in [4.69, 9.17) is 9.47 Å². The monoisotopic (exact) mass is 424 g/mol. The summed E-state index contributed by atoms with van der Waals surface area (Å²) in [5.74, 6) is 0.673. The Morgan fingerprint density at radius 2 is 1.93 bits per heavy atom. The van der Waals surface area contributed by atoms with E-state index in [0.717, 1.165) is 48.4 Å². The summed E-state index contributed by atoms with van der Waals surface area (Å²) >= 11 is 1.74. The number of hydrogen-bond acceptors (Lipinski definition) is 5. The van der Waals surface area contributed by atoms with E-state index in [9.17, 15) is 4.79 Å². The number of nitrogens with zero attached hydrogens (tertiary/aromatic N) is 1. The zero-order valence-electron chi connectivity index (χ0n) is 17.5. The maximum Gasteiger partial charge on any atom is 0.227 e. The first kappa shape index (κ1) is 20.8. The number of benzene rings is 2. The van der Waals surface area contributed by atoms with E-state index in [-0.39, 0.29) is 17.9 Å². The minimum Gasteiger partial charge on any atom is -0.497 e. The van der Waals surface area contributed by atoms with Crippen molar-refractivity contribution in [2.24, 2.45) is 0 Å². The van der Waals surface area contributed by atoms with E-state index >= 15 is 0 Å². The molecule has 0 unspecified atom stereocenters. The Kier molecular flexibility index (Phi) is 6.67. The molecule has 30 heavy (non-hydrogen) atoms. The van der Waals surface area contributed by atoms with Crippen LogP contribution in [-0.4, -0.2) is 50.8 Å². The molecule has 0 spiro atoms. The number of ether oxygens (including phenoxy) is 2. The fourth-order valence-corrected chi connectivity index (χ4v) is 4.78. The van der Waals surface area contributed by atoms with Gasteiger partial charge in [-0.25, -0.2) is 0 Å². The van der Waals surface area contributed by atoms with Gasteiger partial charge in [0.25, 0.3) is 0 Å². The van der Waals surface area contributed by atoms with Gasteiger partial charge in [-0.05, 0) is 46.8 Å². The van der Waals surface area contributed by atoms with Gasteiger partial charge < -0.3 is 14.8 Å². The van der Waals surface area contributed by atoms with Crippen LogP contribution in [0.3, 0.4) is 0 Å². The molecule has 1 amide bonds. The summed E-state index contributed by atoms with van der Waals surface area (Å²) in [4.78, 5) is 16.7. The number of thiophene rings is 1. The molecule has 0 bridgehead atoms. The molecule has 1 aliphatic heterocycles. The number of methoxy groups -OCH3 is 1.